The summed E-state index contributed by atoms with van der Waals surface area (Å²) in [5, 5.41) is 9.84. The van der Waals surface area contributed by atoms with Crippen LogP contribution in [0.25, 0.3) is 0 Å². The molecule has 84 valence electrons. The molecule has 2 atom stereocenters. The van der Waals surface area contributed by atoms with Gasteiger partial charge in [-0.2, -0.15) is 0 Å². The number of aliphatic hydroxyl groups excluding tert-OH is 1. The van der Waals surface area contributed by atoms with Crippen LogP contribution in [-0.4, -0.2) is 23.9 Å². The Morgan fingerprint density at radius 2 is 1.93 bits per heavy atom. The summed E-state index contributed by atoms with van der Waals surface area (Å²) in [6, 6.07) is 8.19. The molecule has 0 saturated carbocycles. The first-order chi connectivity index (χ1) is 7.13. The Morgan fingerprint density at radius 3 is 2.47 bits per heavy atom. The fraction of sp³-hybridized carbons (Fsp3) is 0.500. The first-order valence-corrected chi connectivity index (χ1v) is 6.25. The summed E-state index contributed by atoms with van der Waals surface area (Å²) in [5.41, 5.74) is 1.15. The van der Waals surface area contributed by atoms with Gasteiger partial charge in [-0.3, -0.25) is 0 Å². The van der Waals surface area contributed by atoms with Crippen LogP contribution in [0.2, 0.25) is 0 Å². The molecule has 0 aliphatic rings. The molecule has 1 rings (SSSR count). The molecule has 3 heteroatoms. The normalized spacial score (nSPS) is 14.9. The summed E-state index contributed by atoms with van der Waals surface area (Å²) in [5.74, 6) is 0. The van der Waals surface area contributed by atoms with E-state index in [1.807, 2.05) is 38.1 Å². The minimum absolute atomic E-state index is 0.103. The molecule has 0 spiro atoms. The zero-order valence-electron chi connectivity index (χ0n) is 9.11. The maximum Gasteiger partial charge on any atom is 0.0839 e. The van der Waals surface area contributed by atoms with Crippen LogP contribution in [0.4, 0.5) is 0 Å². The van der Waals surface area contributed by atoms with Crippen molar-refractivity contribution < 1.29 is 9.84 Å². The summed E-state index contributed by atoms with van der Waals surface area (Å²) in [6.45, 7) is 4.49. The Morgan fingerprint density at radius 1 is 1.33 bits per heavy atom. The molecular weight excluding hydrogens is 303 g/mol. The molecule has 0 aliphatic carbocycles. The van der Waals surface area contributed by atoms with Crippen LogP contribution in [0.5, 0.6) is 0 Å². The minimum atomic E-state index is -0.426. The summed E-state index contributed by atoms with van der Waals surface area (Å²) in [4.78, 5) is 0. The number of ether oxygens (including phenoxy) is 1. The molecule has 0 saturated heterocycles. The molecular formula is C12H17IO2. The quantitative estimate of drug-likeness (QED) is 0.845. The fourth-order valence-electron chi connectivity index (χ4n) is 1.40. The topological polar surface area (TPSA) is 29.5 Å². The second kappa shape index (κ2) is 6.45. The highest BCUT2D eigenvalue weighted by Crippen LogP contribution is 2.11. The maximum absolute atomic E-state index is 9.84. The van der Waals surface area contributed by atoms with E-state index in [2.05, 4.69) is 22.6 Å². The van der Waals surface area contributed by atoms with E-state index in [4.69, 9.17) is 4.74 Å². The van der Waals surface area contributed by atoms with Crippen molar-refractivity contribution in [2.75, 3.05) is 6.61 Å². The highest BCUT2D eigenvalue weighted by molar-refractivity contribution is 14.1. The molecule has 0 radical (unpaired) electrons. The first kappa shape index (κ1) is 12.9. The van der Waals surface area contributed by atoms with Crippen LogP contribution in [0.15, 0.2) is 24.3 Å². The van der Waals surface area contributed by atoms with E-state index in [9.17, 15) is 5.11 Å². The molecule has 1 aromatic rings. The Bertz CT molecular complexity index is 284. The predicted octanol–water partition coefficient (Wildman–Crippen LogP) is 2.62. The van der Waals surface area contributed by atoms with Gasteiger partial charge in [-0.25, -0.2) is 0 Å². The van der Waals surface area contributed by atoms with Crippen molar-refractivity contribution in [2.24, 2.45) is 0 Å². The van der Waals surface area contributed by atoms with Gasteiger partial charge in [0, 0.05) is 16.6 Å². The van der Waals surface area contributed by atoms with Crippen LogP contribution >= 0.6 is 22.6 Å². The Balaban J connectivity index is 2.50. The Hall–Kier alpha value is -0.130. The number of hydrogen-bond acceptors (Lipinski definition) is 2. The van der Waals surface area contributed by atoms with Crippen LogP contribution < -0.4 is 0 Å². The maximum atomic E-state index is 9.84. The van der Waals surface area contributed by atoms with E-state index < -0.39 is 6.10 Å². The zero-order chi connectivity index (χ0) is 11.3. The van der Waals surface area contributed by atoms with Gasteiger partial charge in [-0.05, 0) is 54.1 Å². The van der Waals surface area contributed by atoms with Crippen molar-refractivity contribution in [3.8, 4) is 0 Å². The van der Waals surface area contributed by atoms with E-state index in [1.165, 1.54) is 3.57 Å². The molecule has 0 aromatic heterocycles. The highest BCUT2D eigenvalue weighted by Gasteiger charge is 2.14. The lowest BCUT2D eigenvalue weighted by Gasteiger charge is -2.18. The third kappa shape index (κ3) is 4.49. The summed E-state index contributed by atoms with van der Waals surface area (Å²) < 4.78 is 6.56. The molecule has 0 heterocycles. The summed E-state index contributed by atoms with van der Waals surface area (Å²) in [6.07, 6.45) is 0.122. The predicted molar refractivity (Wildman–Crippen MR) is 70.0 cm³/mol. The van der Waals surface area contributed by atoms with Gasteiger partial charge in [0.2, 0.25) is 0 Å². The summed E-state index contributed by atoms with van der Waals surface area (Å²) in [7, 11) is 0. The Kier molecular flexibility index (Phi) is 5.56. The largest absolute Gasteiger partial charge is 0.390 e. The van der Waals surface area contributed by atoms with Crippen molar-refractivity contribution in [3.63, 3.8) is 0 Å². The number of halogens is 1. The van der Waals surface area contributed by atoms with Crippen LogP contribution in [-0.2, 0) is 11.2 Å². The molecule has 0 amide bonds. The number of rotatable bonds is 5. The van der Waals surface area contributed by atoms with Crippen LogP contribution in [0, 0.1) is 3.57 Å². The van der Waals surface area contributed by atoms with E-state index in [0.717, 1.165) is 5.56 Å². The SMILES string of the molecule is CCOC(C)C(O)Cc1ccc(I)cc1. The van der Waals surface area contributed by atoms with Crippen LogP contribution in [0.3, 0.4) is 0 Å². The van der Waals surface area contributed by atoms with E-state index in [0.29, 0.717) is 13.0 Å². The molecule has 2 unspecified atom stereocenters. The second-order valence-corrected chi connectivity index (χ2v) is 4.80. The third-order valence-corrected chi connectivity index (χ3v) is 3.05. The molecule has 15 heavy (non-hydrogen) atoms. The molecule has 0 bridgehead atoms. The lowest BCUT2D eigenvalue weighted by molar-refractivity contribution is -0.0208. The lowest BCUT2D eigenvalue weighted by atomic mass is 10.0. The molecule has 0 fully saturated rings. The van der Waals surface area contributed by atoms with Gasteiger partial charge in [-0.1, -0.05) is 12.1 Å². The standard InChI is InChI=1S/C12H17IO2/c1-3-15-9(2)12(14)8-10-4-6-11(13)7-5-10/h4-7,9,12,14H,3,8H2,1-2H3. The first-order valence-electron chi connectivity index (χ1n) is 5.17. The van der Waals surface area contributed by atoms with Crippen molar-refractivity contribution >= 4 is 22.6 Å². The average molecular weight is 320 g/mol. The molecule has 2 nitrogen and oxygen atoms in total. The molecule has 0 aliphatic heterocycles. The number of benzene rings is 1. The minimum Gasteiger partial charge on any atom is -0.390 e. The number of aliphatic hydroxyl groups is 1. The molecule has 1 N–H and O–H groups in total. The highest BCUT2D eigenvalue weighted by atomic mass is 127. The fourth-order valence-corrected chi connectivity index (χ4v) is 1.76. The van der Waals surface area contributed by atoms with Gasteiger partial charge in [0.25, 0.3) is 0 Å². The van der Waals surface area contributed by atoms with Crippen molar-refractivity contribution in [1.82, 2.24) is 0 Å². The van der Waals surface area contributed by atoms with Gasteiger partial charge in [-0.15, -0.1) is 0 Å². The van der Waals surface area contributed by atoms with Gasteiger partial charge in [0.05, 0.1) is 12.2 Å². The van der Waals surface area contributed by atoms with Crippen LogP contribution in [0.1, 0.15) is 19.4 Å². The van der Waals surface area contributed by atoms with Crippen molar-refractivity contribution in [2.45, 2.75) is 32.5 Å². The smallest absolute Gasteiger partial charge is 0.0839 e. The van der Waals surface area contributed by atoms with E-state index >= 15 is 0 Å². The van der Waals surface area contributed by atoms with Gasteiger partial charge >= 0.3 is 0 Å². The third-order valence-electron chi connectivity index (χ3n) is 2.33. The van der Waals surface area contributed by atoms with E-state index in [1.54, 1.807) is 0 Å². The average Bonchev–Trinajstić information content (AvgIpc) is 2.22. The monoisotopic (exact) mass is 320 g/mol. The van der Waals surface area contributed by atoms with Crippen molar-refractivity contribution in [3.05, 3.63) is 33.4 Å². The number of hydrogen-bond donors (Lipinski definition) is 1. The lowest BCUT2D eigenvalue weighted by Crippen LogP contribution is -2.28. The van der Waals surface area contributed by atoms with Gasteiger partial charge in [0.1, 0.15) is 0 Å². The zero-order valence-corrected chi connectivity index (χ0v) is 11.3. The van der Waals surface area contributed by atoms with Crippen molar-refractivity contribution in [1.29, 1.82) is 0 Å². The Labute approximate surface area is 105 Å². The summed E-state index contributed by atoms with van der Waals surface area (Å²) >= 11 is 2.27. The second-order valence-electron chi connectivity index (χ2n) is 3.56. The van der Waals surface area contributed by atoms with Gasteiger partial charge in [0.15, 0.2) is 0 Å². The van der Waals surface area contributed by atoms with E-state index in [-0.39, 0.29) is 6.10 Å². The van der Waals surface area contributed by atoms with Gasteiger partial charge < -0.3 is 9.84 Å². The molecule has 1 aromatic carbocycles.